The molecule has 0 fully saturated rings. The van der Waals surface area contributed by atoms with Crippen LogP contribution in [-0.2, 0) is 38.4 Å². The number of nitrogens with one attached hydrogen (secondary N) is 5. The third-order valence-corrected chi connectivity index (χ3v) is 5.67. The molecule has 0 aliphatic heterocycles. The molecule has 43 heavy (non-hydrogen) atoms. The first kappa shape index (κ1) is 38.6. The molecule has 0 saturated heterocycles. The molecule has 12 N–H and O–H groups in total. The van der Waals surface area contributed by atoms with Gasteiger partial charge in [-0.3, -0.25) is 33.6 Å². The standard InChI is InChI=1S/C24H40N6O13/c1-11(2)7-15(22(40)29-14(24(42)43)4-6-19(36)37)30-23(41)16(10-32)27-17(33)8-26-21(39)13(3-5-18(34)35)28-20(38)12(25)9-31/h11-16,31-32H,3-10,25H2,1-2H3,(H,26,39)(H,27,33)(H,28,38)(H,29,40)(H,30,41)(H,34,35)(H,36,37)(H,42,43)/t12-,13-,14-,15-,16-/m0/s1. The normalized spacial score (nSPS) is 14.3. The molecule has 5 amide bonds. The Labute approximate surface area is 245 Å². The number of rotatable bonds is 21. The molecular formula is C24H40N6O13. The number of amides is 5. The maximum Gasteiger partial charge on any atom is 0.326 e. The largest absolute Gasteiger partial charge is 0.481 e. The van der Waals surface area contributed by atoms with Crippen molar-refractivity contribution in [3.63, 3.8) is 0 Å². The van der Waals surface area contributed by atoms with Gasteiger partial charge >= 0.3 is 17.9 Å². The number of hydrogen-bond acceptors (Lipinski definition) is 11. The van der Waals surface area contributed by atoms with Crippen LogP contribution in [0.25, 0.3) is 0 Å². The van der Waals surface area contributed by atoms with Crippen molar-refractivity contribution in [2.45, 2.75) is 76.2 Å². The maximum absolute atomic E-state index is 12.8. The number of nitrogens with two attached hydrogens (primary N) is 1. The Balaban J connectivity index is 5.35. The number of carboxylic acids is 3. The molecule has 0 bridgehead atoms. The molecule has 0 radical (unpaired) electrons. The van der Waals surface area contributed by atoms with E-state index in [1.807, 2.05) is 0 Å². The third kappa shape index (κ3) is 16.0. The van der Waals surface area contributed by atoms with E-state index in [1.54, 1.807) is 13.8 Å². The van der Waals surface area contributed by atoms with Gasteiger partial charge in [-0.05, 0) is 25.2 Å². The Morgan fingerprint density at radius 3 is 1.58 bits per heavy atom. The molecule has 0 aromatic carbocycles. The number of carboxylic acid groups (broad SMARTS) is 3. The van der Waals surface area contributed by atoms with Gasteiger partial charge in [-0.2, -0.15) is 0 Å². The van der Waals surface area contributed by atoms with Crippen molar-refractivity contribution in [1.29, 1.82) is 0 Å². The quantitative estimate of drug-likeness (QED) is 0.0574. The first-order valence-electron chi connectivity index (χ1n) is 13.1. The maximum atomic E-state index is 12.8. The van der Waals surface area contributed by atoms with Gasteiger partial charge in [0.05, 0.1) is 19.8 Å². The summed E-state index contributed by atoms with van der Waals surface area (Å²) in [5.74, 6) is -9.16. The van der Waals surface area contributed by atoms with Crippen LogP contribution in [0.5, 0.6) is 0 Å². The van der Waals surface area contributed by atoms with Crippen molar-refractivity contribution in [3.05, 3.63) is 0 Å². The van der Waals surface area contributed by atoms with Crippen molar-refractivity contribution in [2.75, 3.05) is 19.8 Å². The summed E-state index contributed by atoms with van der Waals surface area (Å²) in [6.45, 7) is 0.908. The minimum absolute atomic E-state index is 0.00832. The van der Waals surface area contributed by atoms with Crippen molar-refractivity contribution in [3.8, 4) is 0 Å². The number of aliphatic carboxylic acids is 3. The lowest BCUT2D eigenvalue weighted by Gasteiger charge is -2.25. The van der Waals surface area contributed by atoms with Crippen molar-refractivity contribution < 1.29 is 63.9 Å². The van der Waals surface area contributed by atoms with Crippen molar-refractivity contribution in [2.24, 2.45) is 11.7 Å². The molecule has 19 nitrogen and oxygen atoms in total. The van der Waals surface area contributed by atoms with E-state index >= 15 is 0 Å². The fourth-order valence-electron chi connectivity index (χ4n) is 3.40. The van der Waals surface area contributed by atoms with Crippen LogP contribution in [0, 0.1) is 5.92 Å². The SMILES string of the molecule is CC(C)C[C@H](NC(=O)[C@H](CO)NC(=O)CNC(=O)[C@H](CCC(=O)O)NC(=O)[C@@H](N)CO)C(=O)N[C@@H](CCC(=O)O)C(=O)O. The van der Waals surface area contributed by atoms with Gasteiger partial charge in [0.25, 0.3) is 0 Å². The van der Waals surface area contributed by atoms with Gasteiger partial charge in [0.15, 0.2) is 0 Å². The summed E-state index contributed by atoms with van der Waals surface area (Å²) >= 11 is 0. The summed E-state index contributed by atoms with van der Waals surface area (Å²) in [6.07, 6.45) is -1.88. The molecular weight excluding hydrogens is 580 g/mol. The lowest BCUT2D eigenvalue weighted by Crippen LogP contribution is -2.58. The number of aliphatic hydroxyl groups is 2. The molecule has 5 atom stereocenters. The van der Waals surface area contributed by atoms with E-state index in [9.17, 15) is 48.6 Å². The average Bonchev–Trinajstić information content (AvgIpc) is 2.92. The highest BCUT2D eigenvalue weighted by Gasteiger charge is 2.30. The van der Waals surface area contributed by atoms with E-state index < -0.39 is 117 Å². The summed E-state index contributed by atoms with van der Waals surface area (Å²) in [4.78, 5) is 95.4. The van der Waals surface area contributed by atoms with Gasteiger partial charge in [-0.15, -0.1) is 0 Å². The zero-order valence-electron chi connectivity index (χ0n) is 23.7. The van der Waals surface area contributed by atoms with Crippen LogP contribution in [0.4, 0.5) is 0 Å². The predicted octanol–water partition coefficient (Wildman–Crippen LogP) is -4.79. The molecule has 244 valence electrons. The Morgan fingerprint density at radius 2 is 1.12 bits per heavy atom. The third-order valence-electron chi connectivity index (χ3n) is 5.67. The summed E-state index contributed by atoms with van der Waals surface area (Å²) in [5, 5.41) is 56.5. The van der Waals surface area contributed by atoms with Crippen molar-refractivity contribution >= 4 is 47.4 Å². The van der Waals surface area contributed by atoms with E-state index in [0.29, 0.717) is 0 Å². The molecule has 0 unspecified atom stereocenters. The molecule has 0 heterocycles. The molecule has 0 aliphatic carbocycles. The predicted molar refractivity (Wildman–Crippen MR) is 144 cm³/mol. The number of carbonyl (C=O) groups excluding carboxylic acids is 5. The highest BCUT2D eigenvalue weighted by molar-refractivity contribution is 5.95. The van der Waals surface area contributed by atoms with E-state index in [1.165, 1.54) is 0 Å². The van der Waals surface area contributed by atoms with Crippen LogP contribution in [0.15, 0.2) is 0 Å². The minimum atomic E-state index is -1.63. The molecule has 0 aromatic heterocycles. The summed E-state index contributed by atoms with van der Waals surface area (Å²) in [6, 6.07) is -7.34. The molecule has 0 aromatic rings. The summed E-state index contributed by atoms with van der Waals surface area (Å²) in [7, 11) is 0. The lowest BCUT2D eigenvalue weighted by molar-refractivity contribution is -0.143. The minimum Gasteiger partial charge on any atom is -0.481 e. The number of carbonyl (C=O) groups is 8. The summed E-state index contributed by atoms with van der Waals surface area (Å²) in [5.41, 5.74) is 5.37. The van der Waals surface area contributed by atoms with Crippen LogP contribution >= 0.6 is 0 Å². The second-order valence-corrected chi connectivity index (χ2v) is 9.83. The smallest absolute Gasteiger partial charge is 0.326 e. The van der Waals surface area contributed by atoms with Gasteiger partial charge in [0, 0.05) is 12.8 Å². The average molecular weight is 621 g/mol. The lowest BCUT2D eigenvalue weighted by atomic mass is 10.0. The van der Waals surface area contributed by atoms with Gasteiger partial charge in [0.2, 0.25) is 29.5 Å². The molecule has 0 spiro atoms. The van der Waals surface area contributed by atoms with E-state index in [4.69, 9.17) is 21.1 Å². The first-order valence-corrected chi connectivity index (χ1v) is 13.1. The van der Waals surface area contributed by atoms with E-state index in [2.05, 4.69) is 26.6 Å². The molecule has 19 heteroatoms. The van der Waals surface area contributed by atoms with Gasteiger partial charge < -0.3 is 57.9 Å². The zero-order chi connectivity index (χ0) is 33.3. The van der Waals surface area contributed by atoms with E-state index in [-0.39, 0.29) is 18.8 Å². The van der Waals surface area contributed by atoms with Gasteiger partial charge in [0.1, 0.15) is 30.2 Å². The Hall–Kier alpha value is -4.36. The van der Waals surface area contributed by atoms with Crippen LogP contribution in [0.1, 0.15) is 46.0 Å². The summed E-state index contributed by atoms with van der Waals surface area (Å²) < 4.78 is 0. The van der Waals surface area contributed by atoms with Crippen LogP contribution < -0.4 is 32.3 Å². The van der Waals surface area contributed by atoms with E-state index in [0.717, 1.165) is 0 Å². The first-order chi connectivity index (χ1) is 20.0. The number of aliphatic hydroxyl groups excluding tert-OH is 2. The highest BCUT2D eigenvalue weighted by atomic mass is 16.4. The highest BCUT2D eigenvalue weighted by Crippen LogP contribution is 2.07. The Kier molecular flexibility index (Phi) is 17.7. The fraction of sp³-hybridized carbons (Fsp3) is 0.667. The Bertz CT molecular complexity index is 1020. The fourth-order valence-corrected chi connectivity index (χ4v) is 3.40. The molecule has 0 rings (SSSR count). The van der Waals surface area contributed by atoms with Crippen LogP contribution in [0.2, 0.25) is 0 Å². The Morgan fingerprint density at radius 1 is 0.628 bits per heavy atom. The van der Waals surface area contributed by atoms with Crippen molar-refractivity contribution in [1.82, 2.24) is 26.6 Å². The van der Waals surface area contributed by atoms with Crippen LogP contribution in [-0.4, -0.2) is 123 Å². The molecule has 0 aliphatic rings. The second kappa shape index (κ2) is 19.7. The van der Waals surface area contributed by atoms with Gasteiger partial charge in [-0.25, -0.2) is 4.79 Å². The zero-order valence-corrected chi connectivity index (χ0v) is 23.7. The monoisotopic (exact) mass is 620 g/mol. The molecule has 0 saturated carbocycles. The number of hydrogen-bond donors (Lipinski definition) is 11. The van der Waals surface area contributed by atoms with Gasteiger partial charge in [-0.1, -0.05) is 13.8 Å². The van der Waals surface area contributed by atoms with Crippen LogP contribution in [0.3, 0.4) is 0 Å². The topological polar surface area (TPSA) is 324 Å². The second-order valence-electron chi connectivity index (χ2n) is 9.83.